The highest BCUT2D eigenvalue weighted by atomic mass is 19.1. The molecule has 0 spiro atoms. The first-order chi connectivity index (χ1) is 11.5. The van der Waals surface area contributed by atoms with E-state index in [1.165, 1.54) is 18.2 Å². The first-order valence-electron chi connectivity index (χ1n) is 7.15. The molecule has 0 amide bonds. The van der Waals surface area contributed by atoms with Crippen molar-refractivity contribution in [3.05, 3.63) is 58.6 Å². The third-order valence-corrected chi connectivity index (χ3v) is 3.52. The highest BCUT2D eigenvalue weighted by Gasteiger charge is 2.35. The lowest BCUT2D eigenvalue weighted by atomic mass is 9.88. The van der Waals surface area contributed by atoms with Crippen LogP contribution < -0.4 is 10.5 Å². The van der Waals surface area contributed by atoms with E-state index in [0.717, 1.165) is 0 Å². The number of hydrogen-bond donors (Lipinski definition) is 2. The third-order valence-electron chi connectivity index (χ3n) is 3.52. The molecule has 2 aromatic rings. The summed E-state index contributed by atoms with van der Waals surface area (Å²) in [6, 6.07) is 7.72. The molecule has 0 bridgehead atoms. The predicted molar refractivity (Wildman–Crippen MR) is 80.2 cm³/mol. The number of carbonyl (C=O) groups is 1. The number of nitrogens with one attached hydrogen (secondary N) is 1. The molecule has 8 heteroatoms. The van der Waals surface area contributed by atoms with Crippen LogP contribution in [0.5, 0.6) is 5.88 Å². The fraction of sp³-hybridized carbons (Fsp3) is 0.188. The number of allylic oxidation sites excluding steroid dienone is 1. The number of aromatic nitrogens is 2. The fourth-order valence-electron chi connectivity index (χ4n) is 2.53. The van der Waals surface area contributed by atoms with E-state index < -0.39 is 17.7 Å². The quantitative estimate of drug-likeness (QED) is 0.832. The minimum absolute atomic E-state index is 0.0591. The molecule has 2 heterocycles. The lowest BCUT2D eigenvalue weighted by Crippen LogP contribution is -2.21. The second kappa shape index (κ2) is 6.04. The number of fused-ring (bicyclic) bond motifs is 1. The smallest absolute Gasteiger partial charge is 0.374 e. The standard InChI is InChI=1S/C16H13FN4O3/c1-2-23-16(22)14-20-12-11(8-4-3-5-9(17)6-8)10(7-18)13(19)24-15(12)21-14/h3-6,11H,2,19H2,1H3,(H,20,21)/t11-/m0/s1. The van der Waals surface area contributed by atoms with Crippen molar-refractivity contribution >= 4 is 5.97 Å². The number of hydrogen-bond acceptors (Lipinski definition) is 6. The van der Waals surface area contributed by atoms with E-state index in [1.54, 1.807) is 13.0 Å². The number of ether oxygens (including phenoxy) is 2. The Labute approximate surface area is 136 Å². The van der Waals surface area contributed by atoms with Gasteiger partial charge in [0.1, 0.15) is 17.5 Å². The van der Waals surface area contributed by atoms with Crippen LogP contribution in [0, 0.1) is 17.1 Å². The van der Waals surface area contributed by atoms with Crippen molar-refractivity contribution in [1.82, 2.24) is 9.97 Å². The number of benzene rings is 1. The van der Waals surface area contributed by atoms with Gasteiger partial charge in [-0.3, -0.25) is 0 Å². The third kappa shape index (κ3) is 2.56. The fourth-order valence-corrected chi connectivity index (χ4v) is 2.53. The van der Waals surface area contributed by atoms with Crippen molar-refractivity contribution < 1.29 is 18.7 Å². The maximum Gasteiger partial charge on any atom is 0.374 e. The maximum atomic E-state index is 13.6. The van der Waals surface area contributed by atoms with E-state index in [0.29, 0.717) is 11.3 Å². The molecule has 1 aliphatic rings. The van der Waals surface area contributed by atoms with Gasteiger partial charge in [0.15, 0.2) is 0 Å². The summed E-state index contributed by atoms with van der Waals surface area (Å²) in [5.41, 5.74) is 6.72. The largest absolute Gasteiger partial charge is 0.460 e. The summed E-state index contributed by atoms with van der Waals surface area (Å²) in [4.78, 5) is 18.7. The zero-order valence-corrected chi connectivity index (χ0v) is 12.7. The van der Waals surface area contributed by atoms with E-state index >= 15 is 0 Å². The van der Waals surface area contributed by atoms with Gasteiger partial charge in [0.25, 0.3) is 0 Å². The van der Waals surface area contributed by atoms with Crippen LogP contribution in [0.2, 0.25) is 0 Å². The zero-order chi connectivity index (χ0) is 17.3. The average molecular weight is 328 g/mol. The van der Waals surface area contributed by atoms with E-state index in [4.69, 9.17) is 15.2 Å². The first-order valence-corrected chi connectivity index (χ1v) is 7.15. The Kier molecular flexibility index (Phi) is 3.92. The van der Waals surface area contributed by atoms with Crippen LogP contribution >= 0.6 is 0 Å². The van der Waals surface area contributed by atoms with Crippen LogP contribution in [0.3, 0.4) is 0 Å². The van der Waals surface area contributed by atoms with Gasteiger partial charge in [-0.25, -0.2) is 9.18 Å². The van der Waals surface area contributed by atoms with E-state index in [2.05, 4.69) is 9.97 Å². The number of imidazole rings is 1. The van der Waals surface area contributed by atoms with Crippen molar-refractivity contribution in [2.45, 2.75) is 12.8 Å². The minimum atomic E-state index is -0.717. The van der Waals surface area contributed by atoms with Gasteiger partial charge in [-0.1, -0.05) is 12.1 Å². The molecule has 0 saturated carbocycles. The SMILES string of the molecule is CCOC(=O)c1nc2c([nH]1)[C@@H](c1cccc(F)c1)C(C#N)=C(N)O2. The number of aromatic amines is 1. The maximum absolute atomic E-state index is 13.6. The van der Waals surface area contributed by atoms with Crippen LogP contribution in [0.1, 0.15) is 34.7 Å². The van der Waals surface area contributed by atoms with Gasteiger partial charge in [-0.15, -0.1) is 0 Å². The Morgan fingerprint density at radius 1 is 1.58 bits per heavy atom. The van der Waals surface area contributed by atoms with Gasteiger partial charge < -0.3 is 20.2 Å². The molecule has 0 radical (unpaired) electrons. The monoisotopic (exact) mass is 328 g/mol. The highest BCUT2D eigenvalue weighted by molar-refractivity contribution is 5.85. The molecule has 122 valence electrons. The van der Waals surface area contributed by atoms with Crippen LogP contribution in [-0.2, 0) is 4.74 Å². The molecule has 1 atom stereocenters. The number of nitriles is 1. The van der Waals surface area contributed by atoms with E-state index in [1.807, 2.05) is 6.07 Å². The van der Waals surface area contributed by atoms with Crippen LogP contribution in [-0.4, -0.2) is 22.5 Å². The number of H-pyrrole nitrogens is 1. The van der Waals surface area contributed by atoms with Gasteiger partial charge in [0.05, 0.1) is 18.2 Å². The van der Waals surface area contributed by atoms with Crippen LogP contribution in [0.25, 0.3) is 0 Å². The first kappa shape index (κ1) is 15.6. The topological polar surface area (TPSA) is 114 Å². The number of carbonyl (C=O) groups excluding carboxylic acids is 1. The molecular formula is C16H13FN4O3. The second-order valence-electron chi connectivity index (χ2n) is 5.00. The summed E-state index contributed by atoms with van der Waals surface area (Å²) in [6.45, 7) is 1.85. The molecule has 1 aromatic heterocycles. The summed E-state index contributed by atoms with van der Waals surface area (Å²) < 4.78 is 23.8. The number of halogens is 1. The molecule has 3 rings (SSSR count). The normalized spacial score (nSPS) is 16.1. The molecule has 1 aromatic carbocycles. The Bertz CT molecular complexity index is 882. The van der Waals surface area contributed by atoms with Crippen LogP contribution in [0.15, 0.2) is 35.7 Å². The van der Waals surface area contributed by atoms with Crippen molar-refractivity contribution in [3.8, 4) is 11.9 Å². The van der Waals surface area contributed by atoms with Gasteiger partial charge in [-0.2, -0.15) is 10.2 Å². The zero-order valence-electron chi connectivity index (χ0n) is 12.7. The van der Waals surface area contributed by atoms with E-state index in [9.17, 15) is 14.4 Å². The summed E-state index contributed by atoms with van der Waals surface area (Å²) in [6.07, 6.45) is 0. The Hall–Kier alpha value is -3.34. The average Bonchev–Trinajstić information content (AvgIpc) is 2.97. The Morgan fingerprint density at radius 2 is 2.38 bits per heavy atom. The summed E-state index contributed by atoms with van der Waals surface area (Å²) in [5, 5.41) is 9.40. The number of rotatable bonds is 3. The van der Waals surface area contributed by atoms with Crippen molar-refractivity contribution in [3.63, 3.8) is 0 Å². The summed E-state index contributed by atoms with van der Waals surface area (Å²) in [7, 11) is 0. The van der Waals surface area contributed by atoms with Crippen molar-refractivity contribution in [1.29, 1.82) is 5.26 Å². The highest BCUT2D eigenvalue weighted by Crippen LogP contribution is 2.40. The molecule has 0 saturated heterocycles. The van der Waals surface area contributed by atoms with Gasteiger partial charge in [0.2, 0.25) is 17.6 Å². The lowest BCUT2D eigenvalue weighted by Gasteiger charge is -2.22. The number of nitrogens with zero attached hydrogens (tertiary/aromatic N) is 2. The van der Waals surface area contributed by atoms with Gasteiger partial charge >= 0.3 is 5.97 Å². The van der Waals surface area contributed by atoms with Gasteiger partial charge in [0, 0.05) is 0 Å². The number of nitrogens with two attached hydrogens (primary N) is 1. The Morgan fingerprint density at radius 3 is 3.04 bits per heavy atom. The summed E-state index contributed by atoms with van der Waals surface area (Å²) in [5.74, 6) is -1.99. The minimum Gasteiger partial charge on any atom is -0.460 e. The second-order valence-corrected chi connectivity index (χ2v) is 5.00. The molecule has 0 fully saturated rings. The van der Waals surface area contributed by atoms with E-state index in [-0.39, 0.29) is 29.8 Å². The van der Waals surface area contributed by atoms with Crippen molar-refractivity contribution in [2.75, 3.05) is 6.61 Å². The number of esters is 1. The van der Waals surface area contributed by atoms with Crippen LogP contribution in [0.4, 0.5) is 4.39 Å². The molecule has 7 nitrogen and oxygen atoms in total. The molecular weight excluding hydrogens is 315 g/mol. The Balaban J connectivity index is 2.13. The molecule has 24 heavy (non-hydrogen) atoms. The van der Waals surface area contributed by atoms with Gasteiger partial charge in [-0.05, 0) is 24.6 Å². The molecule has 3 N–H and O–H groups in total. The lowest BCUT2D eigenvalue weighted by molar-refractivity contribution is 0.0512. The van der Waals surface area contributed by atoms with Crippen molar-refractivity contribution in [2.24, 2.45) is 5.73 Å². The predicted octanol–water partition coefficient (Wildman–Crippen LogP) is 1.94. The molecule has 1 aliphatic heterocycles. The molecule has 0 aliphatic carbocycles. The summed E-state index contributed by atoms with van der Waals surface area (Å²) >= 11 is 0. The molecule has 0 unspecified atom stereocenters.